The number of pyridine rings is 1. The van der Waals surface area contributed by atoms with E-state index in [2.05, 4.69) is 46.7 Å². The van der Waals surface area contributed by atoms with Crippen LogP contribution in [-0.2, 0) is 13.1 Å². The first kappa shape index (κ1) is 12.8. The molecule has 0 aromatic carbocycles. The molecule has 0 amide bonds. The molecule has 2 aromatic rings. The first-order valence-corrected chi connectivity index (χ1v) is 6.18. The van der Waals surface area contributed by atoms with Crippen LogP contribution in [0.2, 0.25) is 0 Å². The van der Waals surface area contributed by atoms with E-state index >= 15 is 0 Å². The van der Waals surface area contributed by atoms with Gasteiger partial charge in [-0.2, -0.15) is 0 Å². The van der Waals surface area contributed by atoms with E-state index < -0.39 is 0 Å². The summed E-state index contributed by atoms with van der Waals surface area (Å²) < 4.78 is 2.15. The molecule has 4 nitrogen and oxygen atoms in total. The smallest absolute Gasteiger partial charge is 0.122 e. The molecule has 0 saturated carbocycles. The van der Waals surface area contributed by atoms with Crippen molar-refractivity contribution in [1.29, 1.82) is 0 Å². The van der Waals surface area contributed by atoms with Crippen LogP contribution in [0.5, 0.6) is 0 Å². The minimum absolute atomic E-state index is 0.102. The Labute approximate surface area is 108 Å². The molecule has 0 spiro atoms. The Balaban J connectivity index is 2.04. The van der Waals surface area contributed by atoms with Crippen molar-refractivity contribution in [1.82, 2.24) is 19.9 Å². The van der Waals surface area contributed by atoms with Gasteiger partial charge in [0.1, 0.15) is 5.82 Å². The fourth-order valence-corrected chi connectivity index (χ4v) is 1.68. The zero-order valence-corrected chi connectivity index (χ0v) is 11.2. The Kier molecular flexibility index (Phi) is 3.77. The normalized spacial score (nSPS) is 11.7. The highest BCUT2D eigenvalue weighted by molar-refractivity contribution is 5.10. The van der Waals surface area contributed by atoms with Crippen LogP contribution in [0.4, 0.5) is 0 Å². The van der Waals surface area contributed by atoms with Crippen molar-refractivity contribution in [2.24, 2.45) is 0 Å². The standard InChI is InChI=1S/C14H20N4/c1-14(2,3)17-10-13-16-7-8-18(13)11-12-5-4-6-15-9-12/h4-9,17H,10-11H2,1-3H3. The van der Waals surface area contributed by atoms with Crippen molar-refractivity contribution in [3.8, 4) is 0 Å². The molecule has 2 heterocycles. The minimum Gasteiger partial charge on any atom is -0.329 e. The van der Waals surface area contributed by atoms with Crippen LogP contribution >= 0.6 is 0 Å². The second kappa shape index (κ2) is 5.31. The summed E-state index contributed by atoms with van der Waals surface area (Å²) in [6, 6.07) is 4.04. The number of imidazole rings is 1. The van der Waals surface area contributed by atoms with Crippen molar-refractivity contribution in [3.05, 3.63) is 48.3 Å². The fraction of sp³-hybridized carbons (Fsp3) is 0.429. The van der Waals surface area contributed by atoms with Crippen molar-refractivity contribution >= 4 is 0 Å². The largest absolute Gasteiger partial charge is 0.329 e. The van der Waals surface area contributed by atoms with Gasteiger partial charge in [-0.3, -0.25) is 4.98 Å². The number of rotatable bonds is 4. The Morgan fingerprint density at radius 3 is 2.78 bits per heavy atom. The molecule has 0 radical (unpaired) electrons. The average Bonchev–Trinajstić information content (AvgIpc) is 2.74. The van der Waals surface area contributed by atoms with Crippen LogP contribution in [-0.4, -0.2) is 20.1 Å². The highest BCUT2D eigenvalue weighted by Gasteiger charge is 2.11. The Hall–Kier alpha value is -1.68. The van der Waals surface area contributed by atoms with E-state index in [9.17, 15) is 0 Å². The maximum Gasteiger partial charge on any atom is 0.122 e. The van der Waals surface area contributed by atoms with Crippen LogP contribution in [0.3, 0.4) is 0 Å². The van der Waals surface area contributed by atoms with Gasteiger partial charge >= 0.3 is 0 Å². The molecule has 0 aliphatic heterocycles. The summed E-state index contributed by atoms with van der Waals surface area (Å²) in [7, 11) is 0. The molecule has 0 fully saturated rings. The molecule has 0 aliphatic rings. The molecule has 96 valence electrons. The first-order valence-electron chi connectivity index (χ1n) is 6.18. The van der Waals surface area contributed by atoms with Gasteiger partial charge in [0.2, 0.25) is 0 Å². The van der Waals surface area contributed by atoms with Gasteiger partial charge in [-0.25, -0.2) is 4.98 Å². The molecule has 2 aromatic heterocycles. The molecular weight excluding hydrogens is 224 g/mol. The number of nitrogens with one attached hydrogen (secondary N) is 1. The predicted molar refractivity (Wildman–Crippen MR) is 72.2 cm³/mol. The van der Waals surface area contributed by atoms with E-state index in [0.717, 1.165) is 18.9 Å². The quantitative estimate of drug-likeness (QED) is 0.896. The van der Waals surface area contributed by atoms with E-state index in [1.807, 2.05) is 24.7 Å². The third kappa shape index (κ3) is 3.67. The summed E-state index contributed by atoms with van der Waals surface area (Å²) in [5.74, 6) is 1.05. The molecule has 0 unspecified atom stereocenters. The second-order valence-corrected chi connectivity index (χ2v) is 5.44. The van der Waals surface area contributed by atoms with Gasteiger partial charge in [-0.15, -0.1) is 0 Å². The number of hydrogen-bond acceptors (Lipinski definition) is 3. The van der Waals surface area contributed by atoms with Crippen molar-refractivity contribution in [2.75, 3.05) is 0 Å². The molecule has 2 rings (SSSR count). The Bertz CT molecular complexity index is 482. The Morgan fingerprint density at radius 1 is 1.28 bits per heavy atom. The predicted octanol–water partition coefficient (Wildman–Crippen LogP) is 2.21. The lowest BCUT2D eigenvalue weighted by molar-refractivity contribution is 0.413. The van der Waals surface area contributed by atoms with Crippen LogP contribution in [0, 0.1) is 0 Å². The summed E-state index contributed by atoms with van der Waals surface area (Å²) in [5.41, 5.74) is 1.29. The summed E-state index contributed by atoms with van der Waals surface area (Å²) >= 11 is 0. The molecule has 1 N–H and O–H groups in total. The minimum atomic E-state index is 0.102. The van der Waals surface area contributed by atoms with E-state index in [1.165, 1.54) is 5.56 Å². The lowest BCUT2D eigenvalue weighted by Crippen LogP contribution is -2.36. The molecule has 0 aliphatic carbocycles. The van der Waals surface area contributed by atoms with E-state index in [4.69, 9.17) is 0 Å². The highest BCUT2D eigenvalue weighted by Crippen LogP contribution is 2.06. The van der Waals surface area contributed by atoms with Gasteiger partial charge in [-0.1, -0.05) is 6.07 Å². The number of aromatic nitrogens is 3. The molecular formula is C14H20N4. The molecule has 0 saturated heterocycles. The van der Waals surface area contributed by atoms with Gasteiger partial charge in [0.25, 0.3) is 0 Å². The summed E-state index contributed by atoms with van der Waals surface area (Å²) in [5, 5.41) is 3.45. The zero-order valence-electron chi connectivity index (χ0n) is 11.2. The van der Waals surface area contributed by atoms with Gasteiger partial charge in [0, 0.05) is 30.3 Å². The van der Waals surface area contributed by atoms with Gasteiger partial charge < -0.3 is 9.88 Å². The first-order chi connectivity index (χ1) is 8.54. The SMILES string of the molecule is CC(C)(C)NCc1nccn1Cc1cccnc1. The maximum absolute atomic E-state index is 4.40. The monoisotopic (exact) mass is 244 g/mol. The number of hydrogen-bond donors (Lipinski definition) is 1. The number of nitrogens with zero attached hydrogens (tertiary/aromatic N) is 3. The van der Waals surface area contributed by atoms with Crippen LogP contribution in [0.1, 0.15) is 32.2 Å². The van der Waals surface area contributed by atoms with Crippen molar-refractivity contribution < 1.29 is 0 Å². The third-order valence-electron chi connectivity index (χ3n) is 2.65. The third-order valence-corrected chi connectivity index (χ3v) is 2.65. The molecule has 0 bridgehead atoms. The average molecular weight is 244 g/mol. The molecule has 0 atom stereocenters. The van der Waals surface area contributed by atoms with E-state index in [0.29, 0.717) is 0 Å². The lowest BCUT2D eigenvalue weighted by atomic mass is 10.1. The summed E-state index contributed by atoms with van der Waals surface area (Å²) in [6.07, 6.45) is 7.53. The Morgan fingerprint density at radius 2 is 2.11 bits per heavy atom. The van der Waals surface area contributed by atoms with Gasteiger partial charge in [0.05, 0.1) is 13.1 Å². The fourth-order valence-electron chi connectivity index (χ4n) is 1.68. The van der Waals surface area contributed by atoms with Crippen molar-refractivity contribution in [3.63, 3.8) is 0 Å². The lowest BCUT2D eigenvalue weighted by Gasteiger charge is -2.20. The summed E-state index contributed by atoms with van der Waals surface area (Å²) in [6.45, 7) is 8.05. The van der Waals surface area contributed by atoms with Gasteiger partial charge in [0.15, 0.2) is 0 Å². The van der Waals surface area contributed by atoms with Crippen LogP contribution in [0.15, 0.2) is 36.9 Å². The maximum atomic E-state index is 4.40. The van der Waals surface area contributed by atoms with Crippen LogP contribution in [0.25, 0.3) is 0 Å². The second-order valence-electron chi connectivity index (χ2n) is 5.44. The van der Waals surface area contributed by atoms with E-state index in [1.54, 1.807) is 6.20 Å². The zero-order chi connectivity index (χ0) is 13.0. The summed E-state index contributed by atoms with van der Waals surface area (Å²) in [4.78, 5) is 8.53. The van der Waals surface area contributed by atoms with Crippen molar-refractivity contribution in [2.45, 2.75) is 39.4 Å². The highest BCUT2D eigenvalue weighted by atomic mass is 15.1. The topological polar surface area (TPSA) is 42.7 Å². The molecule has 4 heteroatoms. The van der Waals surface area contributed by atoms with E-state index in [-0.39, 0.29) is 5.54 Å². The molecule has 18 heavy (non-hydrogen) atoms. The van der Waals surface area contributed by atoms with Crippen LogP contribution < -0.4 is 5.32 Å². The van der Waals surface area contributed by atoms with Gasteiger partial charge in [-0.05, 0) is 32.4 Å².